The molecule has 2 aromatic rings. The molecule has 1 heterocycles. The third-order valence-electron chi connectivity index (χ3n) is 4.48. The van der Waals surface area contributed by atoms with E-state index < -0.39 is 11.9 Å². The molecule has 0 saturated carbocycles. The lowest BCUT2D eigenvalue weighted by molar-refractivity contribution is -0.141. The molecule has 0 aliphatic heterocycles. The number of rotatable bonds is 9. The van der Waals surface area contributed by atoms with E-state index in [4.69, 9.17) is 4.74 Å². The molecule has 27 heavy (non-hydrogen) atoms. The van der Waals surface area contributed by atoms with Gasteiger partial charge in [-0.2, -0.15) is 5.10 Å². The Morgan fingerprint density at radius 2 is 1.89 bits per heavy atom. The van der Waals surface area contributed by atoms with E-state index in [9.17, 15) is 14.7 Å². The number of carbonyl (C=O) groups is 2. The van der Waals surface area contributed by atoms with E-state index in [0.29, 0.717) is 30.8 Å². The molecule has 1 amide bonds. The molecule has 1 atom stereocenters. The average molecular weight is 373 g/mol. The predicted octanol–water partition coefficient (Wildman–Crippen LogP) is 2.59. The van der Waals surface area contributed by atoms with Crippen LogP contribution in [0.25, 0.3) is 0 Å². The summed E-state index contributed by atoms with van der Waals surface area (Å²) in [5.41, 5.74) is 2.82. The van der Waals surface area contributed by atoms with Crippen molar-refractivity contribution >= 4 is 11.9 Å². The largest absolute Gasteiger partial charge is 0.494 e. The van der Waals surface area contributed by atoms with Crippen molar-refractivity contribution in [3.63, 3.8) is 0 Å². The number of hydrogen-bond donors (Lipinski definition) is 2. The van der Waals surface area contributed by atoms with Gasteiger partial charge in [0.1, 0.15) is 5.75 Å². The topological polar surface area (TPSA) is 93.5 Å². The molecule has 7 heteroatoms. The number of carboxylic acids is 1. The van der Waals surface area contributed by atoms with Crippen molar-refractivity contribution < 1.29 is 19.4 Å². The van der Waals surface area contributed by atoms with Crippen LogP contribution in [0.3, 0.4) is 0 Å². The van der Waals surface area contributed by atoms with E-state index in [1.807, 2.05) is 45.0 Å². The molecule has 0 aliphatic rings. The zero-order chi connectivity index (χ0) is 20.0. The Morgan fingerprint density at radius 3 is 2.41 bits per heavy atom. The fourth-order valence-corrected chi connectivity index (χ4v) is 3.06. The van der Waals surface area contributed by atoms with E-state index in [0.717, 1.165) is 17.0 Å². The Kier molecular flexibility index (Phi) is 6.98. The van der Waals surface area contributed by atoms with Gasteiger partial charge in [-0.15, -0.1) is 0 Å². The lowest BCUT2D eigenvalue weighted by atomic mass is 9.99. The summed E-state index contributed by atoms with van der Waals surface area (Å²) in [5, 5.41) is 16.6. The van der Waals surface area contributed by atoms with E-state index in [1.54, 1.807) is 11.6 Å². The van der Waals surface area contributed by atoms with Crippen LogP contribution in [0.4, 0.5) is 0 Å². The van der Waals surface area contributed by atoms with Crippen molar-refractivity contribution in [1.29, 1.82) is 0 Å². The summed E-state index contributed by atoms with van der Waals surface area (Å²) in [7, 11) is 0. The van der Waals surface area contributed by atoms with Crippen molar-refractivity contribution in [3.8, 4) is 5.75 Å². The number of nitrogens with zero attached hydrogens (tertiary/aromatic N) is 2. The maximum Gasteiger partial charge on any atom is 0.308 e. The number of hydrogen-bond acceptors (Lipinski definition) is 4. The van der Waals surface area contributed by atoms with E-state index in [-0.39, 0.29) is 12.5 Å². The van der Waals surface area contributed by atoms with Gasteiger partial charge < -0.3 is 15.2 Å². The Bertz CT molecular complexity index is 796. The number of aromatic nitrogens is 2. The summed E-state index contributed by atoms with van der Waals surface area (Å²) in [5.74, 6) is -1.20. The highest BCUT2D eigenvalue weighted by atomic mass is 16.5. The number of aliphatic carboxylic acids is 1. The Morgan fingerprint density at radius 1 is 1.22 bits per heavy atom. The van der Waals surface area contributed by atoms with Crippen molar-refractivity contribution in [2.45, 2.75) is 40.7 Å². The molecule has 0 fully saturated rings. The van der Waals surface area contributed by atoms with Crippen molar-refractivity contribution in [3.05, 3.63) is 46.8 Å². The van der Waals surface area contributed by atoms with Gasteiger partial charge in [0.25, 0.3) is 5.91 Å². The molecule has 1 aromatic carbocycles. The second-order valence-corrected chi connectivity index (χ2v) is 6.39. The summed E-state index contributed by atoms with van der Waals surface area (Å²) in [6, 6.07) is 7.34. The van der Waals surface area contributed by atoms with E-state index >= 15 is 0 Å². The molecule has 0 radical (unpaired) electrons. The molecular formula is C20H27N3O4. The summed E-state index contributed by atoms with van der Waals surface area (Å²) < 4.78 is 7.16. The van der Waals surface area contributed by atoms with Crippen LogP contribution in [0.2, 0.25) is 0 Å². The SMILES string of the molecule is CCOc1ccc(CC(CNC(=O)c2c(C)nn(CC)c2C)C(=O)O)cc1. The molecule has 0 saturated heterocycles. The van der Waals surface area contributed by atoms with Crippen LogP contribution in [0.15, 0.2) is 24.3 Å². The molecule has 2 rings (SSSR count). The summed E-state index contributed by atoms with van der Waals surface area (Å²) in [4.78, 5) is 24.2. The molecule has 2 N–H and O–H groups in total. The number of amides is 1. The van der Waals surface area contributed by atoms with Crippen LogP contribution >= 0.6 is 0 Å². The van der Waals surface area contributed by atoms with Crippen LogP contribution < -0.4 is 10.1 Å². The van der Waals surface area contributed by atoms with Gasteiger partial charge in [-0.3, -0.25) is 14.3 Å². The summed E-state index contributed by atoms with van der Waals surface area (Å²) in [6.45, 7) is 8.79. The number of aryl methyl sites for hydroxylation is 2. The first-order chi connectivity index (χ1) is 12.9. The fourth-order valence-electron chi connectivity index (χ4n) is 3.06. The van der Waals surface area contributed by atoms with Crippen LogP contribution in [-0.2, 0) is 17.8 Å². The van der Waals surface area contributed by atoms with Crippen LogP contribution in [0, 0.1) is 19.8 Å². The normalized spacial score (nSPS) is 11.9. The minimum atomic E-state index is -0.943. The van der Waals surface area contributed by atoms with Gasteiger partial charge >= 0.3 is 5.97 Å². The molecule has 7 nitrogen and oxygen atoms in total. The zero-order valence-corrected chi connectivity index (χ0v) is 16.3. The van der Waals surface area contributed by atoms with Gasteiger partial charge in [-0.05, 0) is 51.8 Å². The van der Waals surface area contributed by atoms with Gasteiger partial charge in [0.05, 0.1) is 23.8 Å². The van der Waals surface area contributed by atoms with Gasteiger partial charge in [-0.1, -0.05) is 12.1 Å². The Balaban J connectivity index is 2.03. The van der Waals surface area contributed by atoms with Gasteiger partial charge in [0.15, 0.2) is 0 Å². The minimum absolute atomic E-state index is 0.0531. The number of carbonyl (C=O) groups excluding carboxylic acids is 1. The maximum absolute atomic E-state index is 12.5. The predicted molar refractivity (Wildman–Crippen MR) is 102 cm³/mol. The molecule has 1 unspecified atom stereocenters. The van der Waals surface area contributed by atoms with Crippen molar-refractivity contribution in [1.82, 2.24) is 15.1 Å². The fraction of sp³-hybridized carbons (Fsp3) is 0.450. The summed E-state index contributed by atoms with van der Waals surface area (Å²) >= 11 is 0. The van der Waals surface area contributed by atoms with Gasteiger partial charge in [0, 0.05) is 18.8 Å². The smallest absolute Gasteiger partial charge is 0.308 e. The van der Waals surface area contributed by atoms with Gasteiger partial charge in [-0.25, -0.2) is 0 Å². The van der Waals surface area contributed by atoms with Crippen LogP contribution in [0.5, 0.6) is 5.75 Å². The van der Waals surface area contributed by atoms with Crippen LogP contribution in [0.1, 0.15) is 41.2 Å². The first-order valence-electron chi connectivity index (χ1n) is 9.14. The Hall–Kier alpha value is -2.83. The second-order valence-electron chi connectivity index (χ2n) is 6.39. The second kappa shape index (κ2) is 9.21. The molecule has 0 bridgehead atoms. The molecule has 0 aliphatic carbocycles. The molecule has 1 aromatic heterocycles. The number of benzene rings is 1. The molecule has 146 valence electrons. The lowest BCUT2D eigenvalue weighted by Gasteiger charge is -2.14. The maximum atomic E-state index is 12.5. The average Bonchev–Trinajstić information content (AvgIpc) is 2.93. The third-order valence-corrected chi connectivity index (χ3v) is 4.48. The van der Waals surface area contributed by atoms with Crippen molar-refractivity contribution in [2.75, 3.05) is 13.2 Å². The zero-order valence-electron chi connectivity index (χ0n) is 16.3. The van der Waals surface area contributed by atoms with E-state index in [2.05, 4.69) is 10.4 Å². The lowest BCUT2D eigenvalue weighted by Crippen LogP contribution is -2.34. The monoisotopic (exact) mass is 373 g/mol. The first kappa shape index (κ1) is 20.5. The van der Waals surface area contributed by atoms with Crippen molar-refractivity contribution in [2.24, 2.45) is 5.92 Å². The molecular weight excluding hydrogens is 346 g/mol. The van der Waals surface area contributed by atoms with E-state index in [1.165, 1.54) is 0 Å². The minimum Gasteiger partial charge on any atom is -0.494 e. The highest BCUT2D eigenvalue weighted by Crippen LogP contribution is 2.16. The highest BCUT2D eigenvalue weighted by Gasteiger charge is 2.22. The standard InChI is InChI=1S/C20H27N3O4/c1-5-23-14(4)18(13(3)22-23)19(24)21-12-16(20(25)26)11-15-7-9-17(10-8-15)27-6-2/h7-10,16H,5-6,11-12H2,1-4H3,(H,21,24)(H,25,26). The van der Waals surface area contributed by atoms with Crippen LogP contribution in [-0.4, -0.2) is 39.9 Å². The van der Waals surface area contributed by atoms with Gasteiger partial charge in [0.2, 0.25) is 0 Å². The number of nitrogens with one attached hydrogen (secondary N) is 1. The summed E-state index contributed by atoms with van der Waals surface area (Å²) in [6.07, 6.45) is 0.328. The Labute approximate surface area is 159 Å². The number of carboxylic acid groups (broad SMARTS) is 1. The first-order valence-corrected chi connectivity index (χ1v) is 9.14. The molecule has 0 spiro atoms. The third kappa shape index (κ3) is 5.09. The number of ether oxygens (including phenoxy) is 1. The quantitative estimate of drug-likeness (QED) is 0.705. The highest BCUT2D eigenvalue weighted by molar-refractivity contribution is 5.96.